The Morgan fingerprint density at radius 1 is 1.35 bits per heavy atom. The molecule has 0 saturated carbocycles. The van der Waals surface area contributed by atoms with Crippen molar-refractivity contribution in [3.63, 3.8) is 0 Å². The number of nitrogens with zero attached hydrogens (tertiary/aromatic N) is 1. The van der Waals surface area contributed by atoms with E-state index in [-0.39, 0.29) is 6.09 Å². The third-order valence-corrected chi connectivity index (χ3v) is 3.08. The third-order valence-electron chi connectivity index (χ3n) is 2.70. The van der Waals surface area contributed by atoms with Gasteiger partial charge in [-0.05, 0) is 44.5 Å². The van der Waals surface area contributed by atoms with Crippen LogP contribution in [0.4, 0.5) is 4.79 Å². The van der Waals surface area contributed by atoms with E-state index >= 15 is 0 Å². The predicted octanol–water partition coefficient (Wildman–Crippen LogP) is 4.83. The van der Waals surface area contributed by atoms with Crippen molar-refractivity contribution in [3.8, 4) is 0 Å². The largest absolute Gasteiger partial charge is 0.443 e. The first kappa shape index (κ1) is 14.9. The molecule has 20 heavy (non-hydrogen) atoms. The van der Waals surface area contributed by atoms with Crippen LogP contribution in [0, 0.1) is 0 Å². The molecular weight excluding hydrogens is 318 g/mol. The number of hydrogen-bond acceptors (Lipinski definition) is 2. The highest BCUT2D eigenvalue weighted by Gasteiger charge is 2.18. The number of allylic oxidation sites excluding steroid dienone is 1. The van der Waals surface area contributed by atoms with Crippen molar-refractivity contribution < 1.29 is 9.53 Å². The van der Waals surface area contributed by atoms with Gasteiger partial charge in [-0.1, -0.05) is 34.1 Å². The number of carbonyl (C=O) groups excluding carboxylic acids is 1. The Kier molecular flexibility index (Phi) is 4.33. The lowest BCUT2D eigenvalue weighted by Gasteiger charge is -2.19. The summed E-state index contributed by atoms with van der Waals surface area (Å²) in [5.74, 6) is 0. The Bertz CT molecular complexity index is 650. The minimum atomic E-state index is -0.494. The molecule has 1 aromatic heterocycles. The van der Waals surface area contributed by atoms with E-state index in [0.29, 0.717) is 0 Å². The zero-order chi connectivity index (χ0) is 14.8. The van der Waals surface area contributed by atoms with Crippen molar-refractivity contribution in [1.82, 2.24) is 4.57 Å². The van der Waals surface area contributed by atoms with E-state index in [4.69, 9.17) is 4.74 Å². The van der Waals surface area contributed by atoms with Crippen LogP contribution >= 0.6 is 15.9 Å². The molecule has 1 heterocycles. The van der Waals surface area contributed by atoms with Crippen LogP contribution in [0.1, 0.15) is 26.3 Å². The number of halogens is 1. The Labute approximate surface area is 127 Å². The van der Waals surface area contributed by atoms with Gasteiger partial charge < -0.3 is 4.74 Å². The normalized spacial score (nSPS) is 12.2. The van der Waals surface area contributed by atoms with Gasteiger partial charge in [-0.25, -0.2) is 4.79 Å². The number of fused-ring (bicyclic) bond motifs is 1. The summed E-state index contributed by atoms with van der Waals surface area (Å²) in [4.78, 5) is 12.1. The molecule has 2 rings (SSSR count). The molecule has 0 N–H and O–H groups in total. The quantitative estimate of drug-likeness (QED) is 0.736. The first-order valence-electron chi connectivity index (χ1n) is 6.48. The monoisotopic (exact) mass is 335 g/mol. The van der Waals surface area contributed by atoms with Crippen LogP contribution in [-0.2, 0) is 4.74 Å². The van der Waals surface area contributed by atoms with Gasteiger partial charge in [0.25, 0.3) is 0 Å². The van der Waals surface area contributed by atoms with Gasteiger partial charge in [0.05, 0.1) is 5.52 Å². The number of aromatic nitrogens is 1. The van der Waals surface area contributed by atoms with Crippen LogP contribution in [0.2, 0.25) is 0 Å². The fraction of sp³-hybridized carbons (Fsp3) is 0.312. The lowest BCUT2D eigenvalue weighted by Crippen LogP contribution is -2.26. The molecule has 4 heteroatoms. The summed E-state index contributed by atoms with van der Waals surface area (Å²) >= 11 is 3.36. The molecule has 0 spiro atoms. The molecule has 0 unspecified atom stereocenters. The Balaban J connectivity index is 2.33. The summed E-state index contributed by atoms with van der Waals surface area (Å²) in [6, 6.07) is 7.90. The summed E-state index contributed by atoms with van der Waals surface area (Å²) in [7, 11) is 0. The molecule has 0 atom stereocenters. The zero-order valence-electron chi connectivity index (χ0n) is 11.9. The highest BCUT2D eigenvalue weighted by atomic mass is 79.9. The second-order valence-corrected chi connectivity index (χ2v) is 6.19. The van der Waals surface area contributed by atoms with Crippen molar-refractivity contribution in [1.29, 1.82) is 0 Å². The zero-order valence-corrected chi connectivity index (χ0v) is 13.5. The summed E-state index contributed by atoms with van der Waals surface area (Å²) in [5.41, 5.74) is 1.47. The topological polar surface area (TPSA) is 31.2 Å². The first-order valence-corrected chi connectivity index (χ1v) is 7.60. The molecule has 0 saturated heterocycles. The van der Waals surface area contributed by atoms with E-state index in [9.17, 15) is 4.79 Å². The van der Waals surface area contributed by atoms with Gasteiger partial charge >= 0.3 is 6.09 Å². The molecule has 0 fully saturated rings. The van der Waals surface area contributed by atoms with Crippen molar-refractivity contribution in [2.45, 2.75) is 26.4 Å². The number of alkyl halides is 1. The highest BCUT2D eigenvalue weighted by molar-refractivity contribution is 9.09. The fourth-order valence-corrected chi connectivity index (χ4v) is 2.10. The lowest BCUT2D eigenvalue weighted by molar-refractivity contribution is 0.0544. The van der Waals surface area contributed by atoms with Crippen molar-refractivity contribution >= 4 is 39.0 Å². The maximum atomic E-state index is 12.1. The maximum Gasteiger partial charge on any atom is 0.418 e. The smallest absolute Gasteiger partial charge is 0.418 e. The summed E-state index contributed by atoms with van der Waals surface area (Å²) < 4.78 is 6.93. The average molecular weight is 336 g/mol. The Morgan fingerprint density at radius 3 is 2.75 bits per heavy atom. The molecule has 0 aliphatic rings. The molecule has 0 aliphatic carbocycles. The average Bonchev–Trinajstić information content (AvgIpc) is 2.77. The summed E-state index contributed by atoms with van der Waals surface area (Å²) in [6.07, 6.45) is 5.47. The van der Waals surface area contributed by atoms with Crippen LogP contribution in [-0.4, -0.2) is 21.6 Å². The van der Waals surface area contributed by atoms with Gasteiger partial charge in [-0.2, -0.15) is 0 Å². The molecule has 0 aliphatic heterocycles. The van der Waals surface area contributed by atoms with Gasteiger partial charge in [0.1, 0.15) is 5.60 Å². The molecule has 0 bridgehead atoms. The van der Waals surface area contributed by atoms with Gasteiger partial charge in [-0.15, -0.1) is 0 Å². The van der Waals surface area contributed by atoms with Crippen LogP contribution in [0.15, 0.2) is 36.5 Å². The van der Waals surface area contributed by atoms with Crippen molar-refractivity contribution in [2.75, 3.05) is 5.33 Å². The SMILES string of the molecule is CC(C)(C)OC(=O)n1ccc2cc(C=CCBr)ccc21. The fourth-order valence-electron chi connectivity index (χ4n) is 1.92. The second-order valence-electron chi connectivity index (χ2n) is 5.54. The Hall–Kier alpha value is -1.55. The van der Waals surface area contributed by atoms with E-state index in [2.05, 4.69) is 22.0 Å². The van der Waals surface area contributed by atoms with Crippen molar-refractivity contribution in [3.05, 3.63) is 42.1 Å². The molecule has 106 valence electrons. The molecule has 0 amide bonds. The maximum absolute atomic E-state index is 12.1. The summed E-state index contributed by atoms with van der Waals surface area (Å²) in [5, 5.41) is 1.84. The highest BCUT2D eigenvalue weighted by Crippen LogP contribution is 2.20. The van der Waals surface area contributed by atoms with Crippen LogP contribution < -0.4 is 0 Å². The molecule has 1 aromatic carbocycles. The predicted molar refractivity (Wildman–Crippen MR) is 86.4 cm³/mol. The molecule has 2 aromatic rings. The molecule has 3 nitrogen and oxygen atoms in total. The number of carbonyl (C=O) groups is 1. The van der Waals surface area contributed by atoms with E-state index in [1.807, 2.05) is 51.1 Å². The molecular formula is C16H18BrNO2. The first-order chi connectivity index (χ1) is 9.40. The second kappa shape index (κ2) is 5.83. The number of hydrogen-bond donors (Lipinski definition) is 0. The number of ether oxygens (including phenoxy) is 1. The third kappa shape index (κ3) is 3.51. The lowest BCUT2D eigenvalue weighted by atomic mass is 10.1. The van der Waals surface area contributed by atoms with Crippen LogP contribution in [0.25, 0.3) is 17.0 Å². The number of rotatable bonds is 2. The van der Waals surface area contributed by atoms with Gasteiger partial charge in [0, 0.05) is 16.9 Å². The van der Waals surface area contributed by atoms with Crippen LogP contribution in [0.3, 0.4) is 0 Å². The van der Waals surface area contributed by atoms with Crippen molar-refractivity contribution in [2.24, 2.45) is 0 Å². The van der Waals surface area contributed by atoms with Gasteiger partial charge in [-0.3, -0.25) is 4.57 Å². The number of benzene rings is 1. The standard InChI is InChI=1S/C16H18BrNO2/c1-16(2,3)20-15(19)18-10-8-13-11-12(5-4-9-17)6-7-14(13)18/h4-8,10-11H,9H2,1-3H3. The van der Waals surface area contributed by atoms with Gasteiger partial charge in [0.2, 0.25) is 0 Å². The van der Waals surface area contributed by atoms with Gasteiger partial charge in [0.15, 0.2) is 0 Å². The van der Waals surface area contributed by atoms with E-state index in [1.165, 1.54) is 0 Å². The minimum absolute atomic E-state index is 0.351. The van der Waals surface area contributed by atoms with Crippen LogP contribution in [0.5, 0.6) is 0 Å². The van der Waals surface area contributed by atoms with E-state index in [0.717, 1.165) is 21.8 Å². The van der Waals surface area contributed by atoms with E-state index in [1.54, 1.807) is 10.8 Å². The molecule has 0 radical (unpaired) electrons. The Morgan fingerprint density at radius 2 is 2.10 bits per heavy atom. The summed E-state index contributed by atoms with van der Waals surface area (Å²) in [6.45, 7) is 5.58. The van der Waals surface area contributed by atoms with E-state index < -0.39 is 5.60 Å². The minimum Gasteiger partial charge on any atom is -0.443 e.